The fraction of sp³-hybridized carbons (Fsp3) is 0.292. The minimum atomic E-state index is -0.0279. The minimum absolute atomic E-state index is 0.0279. The number of aromatic nitrogens is 1. The molecule has 0 N–H and O–H groups in total. The normalized spacial score (nSPS) is 16.2. The molecule has 1 aliphatic heterocycles. The molecule has 1 atom stereocenters. The quantitative estimate of drug-likeness (QED) is 0.689. The number of carbonyl (C=O) groups excluding carboxylic acids is 2. The summed E-state index contributed by atoms with van der Waals surface area (Å²) in [6, 6.07) is 19.5. The van der Waals surface area contributed by atoms with Gasteiger partial charge in [0.15, 0.2) is 0 Å². The number of fused-ring (bicyclic) bond motifs is 1. The van der Waals surface area contributed by atoms with Gasteiger partial charge in [-0.25, -0.2) is 0 Å². The van der Waals surface area contributed by atoms with Gasteiger partial charge >= 0.3 is 0 Å². The molecule has 2 aromatic carbocycles. The number of hydrogen-bond acceptors (Lipinski definition) is 3. The van der Waals surface area contributed by atoms with Crippen molar-refractivity contribution < 1.29 is 9.59 Å². The zero-order valence-corrected chi connectivity index (χ0v) is 16.8. The van der Waals surface area contributed by atoms with E-state index in [9.17, 15) is 9.59 Å². The first-order valence-electron chi connectivity index (χ1n) is 9.96. The number of rotatable bonds is 4. The van der Waals surface area contributed by atoms with Crippen molar-refractivity contribution in [3.63, 3.8) is 0 Å². The predicted octanol–water partition coefficient (Wildman–Crippen LogP) is 3.50. The van der Waals surface area contributed by atoms with Gasteiger partial charge in [-0.3, -0.25) is 14.6 Å². The lowest BCUT2D eigenvalue weighted by Crippen LogP contribution is -2.30. The first-order chi connectivity index (χ1) is 14.0. The SMILES string of the molecule is CN(C)C(=O)c1cc([C@@H]2CCN(C(=O)Cc3ccccc3)C2)nc2ccccc12. The van der Waals surface area contributed by atoms with Crippen molar-refractivity contribution in [1.82, 2.24) is 14.8 Å². The van der Waals surface area contributed by atoms with Crippen LogP contribution in [0.1, 0.15) is 34.0 Å². The number of para-hydroxylation sites is 1. The number of likely N-dealkylation sites (tertiary alicyclic amines) is 1. The van der Waals surface area contributed by atoms with Crippen LogP contribution in [0.4, 0.5) is 0 Å². The molecule has 4 rings (SSSR count). The summed E-state index contributed by atoms with van der Waals surface area (Å²) in [4.78, 5) is 33.8. The smallest absolute Gasteiger partial charge is 0.254 e. The molecule has 5 heteroatoms. The van der Waals surface area contributed by atoms with E-state index in [1.165, 1.54) is 0 Å². The Kier molecular flexibility index (Phi) is 5.30. The van der Waals surface area contributed by atoms with Crippen LogP contribution in [0, 0.1) is 0 Å². The van der Waals surface area contributed by atoms with Crippen molar-refractivity contribution in [2.45, 2.75) is 18.8 Å². The van der Waals surface area contributed by atoms with Crippen molar-refractivity contribution in [2.24, 2.45) is 0 Å². The Hall–Kier alpha value is -3.21. The molecule has 2 amide bonds. The lowest BCUT2D eigenvalue weighted by atomic mass is 9.99. The van der Waals surface area contributed by atoms with Crippen LogP contribution in [0.2, 0.25) is 0 Å². The van der Waals surface area contributed by atoms with Crippen LogP contribution in [-0.4, -0.2) is 53.8 Å². The first kappa shape index (κ1) is 19.1. The van der Waals surface area contributed by atoms with Gasteiger partial charge in [-0.2, -0.15) is 0 Å². The Balaban J connectivity index is 1.57. The summed E-state index contributed by atoms with van der Waals surface area (Å²) in [5.74, 6) is 0.261. The van der Waals surface area contributed by atoms with E-state index in [1.54, 1.807) is 19.0 Å². The summed E-state index contributed by atoms with van der Waals surface area (Å²) >= 11 is 0. The maximum absolute atomic E-state index is 12.7. The number of hydrogen-bond donors (Lipinski definition) is 0. The van der Waals surface area contributed by atoms with Crippen molar-refractivity contribution in [3.8, 4) is 0 Å². The number of nitrogens with zero attached hydrogens (tertiary/aromatic N) is 3. The van der Waals surface area contributed by atoms with E-state index in [1.807, 2.05) is 65.6 Å². The topological polar surface area (TPSA) is 53.5 Å². The average molecular weight is 387 g/mol. The average Bonchev–Trinajstić information content (AvgIpc) is 3.23. The third-order valence-electron chi connectivity index (χ3n) is 5.53. The molecule has 0 radical (unpaired) electrons. The summed E-state index contributed by atoms with van der Waals surface area (Å²) < 4.78 is 0. The second-order valence-corrected chi connectivity index (χ2v) is 7.80. The van der Waals surface area contributed by atoms with E-state index < -0.39 is 0 Å². The monoisotopic (exact) mass is 387 g/mol. The third kappa shape index (κ3) is 3.99. The van der Waals surface area contributed by atoms with Crippen molar-refractivity contribution in [3.05, 3.63) is 77.5 Å². The van der Waals surface area contributed by atoms with Gasteiger partial charge in [0.1, 0.15) is 0 Å². The Morgan fingerprint density at radius 1 is 1.07 bits per heavy atom. The summed E-state index contributed by atoms with van der Waals surface area (Å²) in [6.45, 7) is 1.37. The molecule has 0 saturated carbocycles. The minimum Gasteiger partial charge on any atom is -0.345 e. The maximum Gasteiger partial charge on any atom is 0.254 e. The van der Waals surface area contributed by atoms with Crippen molar-refractivity contribution in [2.75, 3.05) is 27.2 Å². The third-order valence-corrected chi connectivity index (χ3v) is 5.53. The highest BCUT2D eigenvalue weighted by atomic mass is 16.2. The second kappa shape index (κ2) is 8.03. The molecule has 5 nitrogen and oxygen atoms in total. The molecular weight excluding hydrogens is 362 g/mol. The van der Waals surface area contributed by atoms with Crippen LogP contribution in [0.25, 0.3) is 10.9 Å². The van der Waals surface area contributed by atoms with E-state index in [0.29, 0.717) is 18.5 Å². The van der Waals surface area contributed by atoms with E-state index in [4.69, 9.17) is 4.98 Å². The Labute approximate surface area is 171 Å². The Morgan fingerprint density at radius 2 is 1.79 bits per heavy atom. The molecule has 2 heterocycles. The van der Waals surface area contributed by atoms with Gasteiger partial charge in [0, 0.05) is 44.2 Å². The fourth-order valence-electron chi connectivity index (χ4n) is 3.93. The number of benzene rings is 2. The summed E-state index contributed by atoms with van der Waals surface area (Å²) in [5, 5.41) is 0.866. The van der Waals surface area contributed by atoms with Crippen LogP contribution in [0.5, 0.6) is 0 Å². The lowest BCUT2D eigenvalue weighted by Gasteiger charge is -2.18. The molecule has 1 saturated heterocycles. The van der Waals surface area contributed by atoms with Crippen molar-refractivity contribution >= 4 is 22.7 Å². The lowest BCUT2D eigenvalue weighted by molar-refractivity contribution is -0.129. The van der Waals surface area contributed by atoms with Crippen LogP contribution >= 0.6 is 0 Å². The first-order valence-corrected chi connectivity index (χ1v) is 9.96. The van der Waals surface area contributed by atoms with Gasteiger partial charge in [0.05, 0.1) is 17.5 Å². The largest absolute Gasteiger partial charge is 0.345 e. The zero-order chi connectivity index (χ0) is 20.4. The van der Waals surface area contributed by atoms with E-state index in [-0.39, 0.29) is 17.7 Å². The molecular formula is C24H25N3O2. The summed E-state index contributed by atoms with van der Waals surface area (Å²) in [5.41, 5.74) is 3.42. The molecule has 0 unspecified atom stereocenters. The molecule has 148 valence electrons. The van der Waals surface area contributed by atoms with E-state index >= 15 is 0 Å². The van der Waals surface area contributed by atoms with Crippen LogP contribution < -0.4 is 0 Å². The highest BCUT2D eigenvalue weighted by Crippen LogP contribution is 2.30. The van der Waals surface area contributed by atoms with Gasteiger partial charge in [-0.15, -0.1) is 0 Å². The van der Waals surface area contributed by atoms with Gasteiger partial charge in [0.2, 0.25) is 5.91 Å². The van der Waals surface area contributed by atoms with Gasteiger partial charge in [-0.05, 0) is 24.1 Å². The number of amides is 2. The van der Waals surface area contributed by atoms with Crippen LogP contribution in [0.3, 0.4) is 0 Å². The van der Waals surface area contributed by atoms with Gasteiger partial charge in [-0.1, -0.05) is 48.5 Å². The van der Waals surface area contributed by atoms with Gasteiger partial charge in [0.25, 0.3) is 5.91 Å². The summed E-state index contributed by atoms with van der Waals surface area (Å²) in [7, 11) is 3.52. The molecule has 0 spiro atoms. The fourth-order valence-corrected chi connectivity index (χ4v) is 3.93. The van der Waals surface area contributed by atoms with Gasteiger partial charge < -0.3 is 9.80 Å². The predicted molar refractivity (Wildman–Crippen MR) is 114 cm³/mol. The van der Waals surface area contributed by atoms with Crippen LogP contribution in [0.15, 0.2) is 60.7 Å². The molecule has 1 fully saturated rings. The maximum atomic E-state index is 12.7. The number of pyridine rings is 1. The summed E-state index contributed by atoms with van der Waals surface area (Å²) in [6.07, 6.45) is 1.28. The number of carbonyl (C=O) groups is 2. The Bertz CT molecular complexity index is 1050. The molecule has 0 aliphatic carbocycles. The van der Waals surface area contributed by atoms with E-state index in [2.05, 4.69) is 0 Å². The van der Waals surface area contributed by atoms with E-state index in [0.717, 1.165) is 35.1 Å². The molecule has 0 bridgehead atoms. The molecule has 1 aliphatic rings. The zero-order valence-electron chi connectivity index (χ0n) is 16.8. The highest BCUT2D eigenvalue weighted by molar-refractivity contribution is 6.06. The van der Waals surface area contributed by atoms with Crippen LogP contribution in [-0.2, 0) is 11.2 Å². The van der Waals surface area contributed by atoms with Crippen molar-refractivity contribution in [1.29, 1.82) is 0 Å². The highest BCUT2D eigenvalue weighted by Gasteiger charge is 2.29. The standard InChI is InChI=1S/C24H25N3O2/c1-26(2)24(29)20-15-22(25-21-11-7-6-10-19(20)21)18-12-13-27(16-18)23(28)14-17-8-4-3-5-9-17/h3-11,15,18H,12-14,16H2,1-2H3/t18-/m1/s1. The Morgan fingerprint density at radius 3 is 2.55 bits per heavy atom. The molecule has 1 aromatic heterocycles. The molecule has 3 aromatic rings. The second-order valence-electron chi connectivity index (χ2n) is 7.80. The molecule has 29 heavy (non-hydrogen) atoms.